The molecule has 136 valence electrons. The number of rotatable bonds is 12. The molecule has 2 heteroatoms. The zero-order valence-corrected chi connectivity index (χ0v) is 15.8. The minimum absolute atomic E-state index is 0.258. The highest BCUT2D eigenvalue weighted by molar-refractivity contribution is 5.86. The van der Waals surface area contributed by atoms with Gasteiger partial charge < -0.3 is 4.74 Å². The molecule has 0 aromatic heterocycles. The van der Waals surface area contributed by atoms with E-state index in [0.29, 0.717) is 12.2 Å². The summed E-state index contributed by atoms with van der Waals surface area (Å²) in [5, 5.41) is 0. The summed E-state index contributed by atoms with van der Waals surface area (Å²) in [7, 11) is 0. The summed E-state index contributed by atoms with van der Waals surface area (Å²) in [6.07, 6.45) is 13.0. The molecule has 1 rings (SSSR count). The Labute approximate surface area is 149 Å². The largest absolute Gasteiger partial charge is 0.462 e. The molecule has 0 bridgehead atoms. The molecular weight excluding hydrogens is 296 g/mol. The van der Waals surface area contributed by atoms with Gasteiger partial charge in [0.15, 0.2) is 0 Å². The summed E-state index contributed by atoms with van der Waals surface area (Å²) in [5.41, 5.74) is 0.488. The van der Waals surface area contributed by atoms with Crippen molar-refractivity contribution in [3.8, 4) is 0 Å². The highest BCUT2D eigenvalue weighted by Crippen LogP contribution is 2.10. The van der Waals surface area contributed by atoms with Crippen LogP contribution in [0, 0.1) is 0 Å². The highest BCUT2D eigenvalue weighted by atomic mass is 16.5. The molecule has 2 nitrogen and oxygen atoms in total. The van der Waals surface area contributed by atoms with E-state index in [1.54, 1.807) is 6.92 Å². The Morgan fingerprint density at radius 1 is 0.750 bits per heavy atom. The Morgan fingerprint density at radius 3 is 1.50 bits per heavy atom. The molecule has 0 unspecified atom stereocenters. The number of esters is 1. The van der Waals surface area contributed by atoms with Crippen molar-refractivity contribution in [3.63, 3.8) is 0 Å². The first-order valence-corrected chi connectivity index (χ1v) is 9.51. The van der Waals surface area contributed by atoms with Crippen LogP contribution in [-0.2, 0) is 9.53 Å². The number of benzene rings is 1. The highest BCUT2D eigenvalue weighted by Gasteiger charge is 2.01. The van der Waals surface area contributed by atoms with E-state index in [2.05, 4.69) is 13.5 Å². The van der Waals surface area contributed by atoms with Crippen molar-refractivity contribution in [1.82, 2.24) is 0 Å². The summed E-state index contributed by atoms with van der Waals surface area (Å²) in [6, 6.07) is 12.0. The number of hydrogen-bond acceptors (Lipinski definition) is 2. The molecule has 0 aliphatic heterocycles. The molecule has 1 aromatic rings. The third kappa shape index (κ3) is 16.8. The van der Waals surface area contributed by atoms with E-state index in [4.69, 9.17) is 4.74 Å². The molecule has 0 aliphatic rings. The van der Waals surface area contributed by atoms with E-state index in [9.17, 15) is 4.79 Å². The van der Waals surface area contributed by atoms with E-state index in [-0.39, 0.29) is 5.97 Å². The lowest BCUT2D eigenvalue weighted by Gasteiger charge is -2.04. The maximum atomic E-state index is 11.1. The van der Waals surface area contributed by atoms with E-state index in [0.717, 1.165) is 6.42 Å². The fraction of sp³-hybridized carbons (Fsp3) is 0.591. The lowest BCUT2D eigenvalue weighted by Crippen LogP contribution is -2.05. The molecule has 24 heavy (non-hydrogen) atoms. The van der Waals surface area contributed by atoms with Crippen molar-refractivity contribution in [3.05, 3.63) is 48.6 Å². The SMILES string of the molecule is C=C(C)C(=O)OCCCCCCCCCCCC.c1ccccc1. The van der Waals surface area contributed by atoms with Crippen LogP contribution in [0.25, 0.3) is 0 Å². The Bertz CT molecular complexity index is 371. The molecule has 0 saturated heterocycles. The van der Waals surface area contributed by atoms with Gasteiger partial charge in [0, 0.05) is 5.57 Å². The molecule has 0 aliphatic carbocycles. The molecule has 0 spiro atoms. The first kappa shape index (κ1) is 22.4. The van der Waals surface area contributed by atoms with Crippen molar-refractivity contribution in [2.24, 2.45) is 0 Å². The Balaban J connectivity index is 0.000000728. The molecule has 0 saturated carbocycles. The van der Waals surface area contributed by atoms with E-state index >= 15 is 0 Å². The van der Waals surface area contributed by atoms with Crippen molar-refractivity contribution < 1.29 is 9.53 Å². The average molecular weight is 333 g/mol. The maximum Gasteiger partial charge on any atom is 0.333 e. The average Bonchev–Trinajstić information content (AvgIpc) is 2.61. The first-order chi connectivity index (χ1) is 11.7. The van der Waals surface area contributed by atoms with Crippen LogP contribution in [-0.4, -0.2) is 12.6 Å². The first-order valence-electron chi connectivity index (χ1n) is 9.51. The van der Waals surface area contributed by atoms with E-state index in [1.807, 2.05) is 36.4 Å². The summed E-state index contributed by atoms with van der Waals surface area (Å²) in [5.74, 6) is -0.258. The number of carbonyl (C=O) groups is 1. The Kier molecular flexibility index (Phi) is 16.6. The van der Waals surface area contributed by atoms with Crippen LogP contribution in [0.3, 0.4) is 0 Å². The molecular formula is C22H36O2. The van der Waals surface area contributed by atoms with Gasteiger partial charge in [-0.1, -0.05) is 108 Å². The maximum absolute atomic E-state index is 11.1. The molecule has 0 heterocycles. The van der Waals surface area contributed by atoms with Gasteiger partial charge in [0.25, 0.3) is 0 Å². The summed E-state index contributed by atoms with van der Waals surface area (Å²) < 4.78 is 5.04. The van der Waals surface area contributed by atoms with Gasteiger partial charge in [0.2, 0.25) is 0 Å². The molecule has 0 atom stereocenters. The second-order valence-electron chi connectivity index (χ2n) is 6.25. The predicted octanol–water partition coefficient (Wildman–Crippen LogP) is 6.71. The summed E-state index contributed by atoms with van der Waals surface area (Å²) in [6.45, 7) is 8.03. The molecule has 0 N–H and O–H groups in total. The van der Waals surface area contributed by atoms with E-state index < -0.39 is 0 Å². The van der Waals surface area contributed by atoms with Gasteiger partial charge in [-0.2, -0.15) is 0 Å². The fourth-order valence-corrected chi connectivity index (χ4v) is 2.26. The van der Waals surface area contributed by atoms with Crippen LogP contribution in [0.2, 0.25) is 0 Å². The van der Waals surface area contributed by atoms with Crippen molar-refractivity contribution in [2.45, 2.75) is 78.1 Å². The van der Waals surface area contributed by atoms with E-state index in [1.165, 1.54) is 57.8 Å². The zero-order chi connectivity index (χ0) is 17.9. The van der Waals surface area contributed by atoms with Crippen LogP contribution in [0.15, 0.2) is 48.6 Å². The van der Waals surface area contributed by atoms with Crippen molar-refractivity contribution >= 4 is 5.97 Å². The Morgan fingerprint density at radius 2 is 1.12 bits per heavy atom. The lowest BCUT2D eigenvalue weighted by molar-refractivity contribution is -0.139. The fourth-order valence-electron chi connectivity index (χ4n) is 2.26. The third-order valence-electron chi connectivity index (χ3n) is 3.75. The standard InChI is InChI=1S/C16H30O2.C6H6/c1-4-5-6-7-8-9-10-11-12-13-14-18-16(17)15(2)3;1-2-4-6-5-3-1/h2,4-14H2,1,3H3;1-6H. The van der Waals surface area contributed by atoms with Gasteiger partial charge in [-0.3, -0.25) is 0 Å². The van der Waals surface area contributed by atoms with Gasteiger partial charge in [0.05, 0.1) is 6.61 Å². The monoisotopic (exact) mass is 332 g/mol. The van der Waals surface area contributed by atoms with Crippen LogP contribution in [0.5, 0.6) is 0 Å². The second-order valence-corrected chi connectivity index (χ2v) is 6.25. The predicted molar refractivity (Wildman–Crippen MR) is 104 cm³/mol. The van der Waals surface area contributed by atoms with Crippen LogP contribution in [0.1, 0.15) is 78.1 Å². The van der Waals surface area contributed by atoms with Gasteiger partial charge in [-0.15, -0.1) is 0 Å². The van der Waals surface area contributed by atoms with Crippen LogP contribution in [0.4, 0.5) is 0 Å². The molecule has 1 aromatic carbocycles. The number of carbonyl (C=O) groups excluding carboxylic acids is 1. The summed E-state index contributed by atoms with van der Waals surface area (Å²) >= 11 is 0. The Hall–Kier alpha value is -1.57. The number of hydrogen-bond donors (Lipinski definition) is 0. The number of unbranched alkanes of at least 4 members (excludes halogenated alkanes) is 9. The topological polar surface area (TPSA) is 26.3 Å². The van der Waals surface area contributed by atoms with Gasteiger partial charge in [-0.05, 0) is 13.3 Å². The normalized spacial score (nSPS) is 9.75. The quantitative estimate of drug-likeness (QED) is 0.241. The van der Waals surface area contributed by atoms with Crippen molar-refractivity contribution in [2.75, 3.05) is 6.61 Å². The zero-order valence-electron chi connectivity index (χ0n) is 15.8. The minimum Gasteiger partial charge on any atom is -0.462 e. The smallest absolute Gasteiger partial charge is 0.333 e. The van der Waals surface area contributed by atoms with Gasteiger partial charge in [-0.25, -0.2) is 4.79 Å². The number of ether oxygens (including phenoxy) is 1. The van der Waals surface area contributed by atoms with Gasteiger partial charge >= 0.3 is 5.97 Å². The van der Waals surface area contributed by atoms with Crippen molar-refractivity contribution in [1.29, 1.82) is 0 Å². The molecule has 0 amide bonds. The second kappa shape index (κ2) is 17.8. The summed E-state index contributed by atoms with van der Waals surface area (Å²) in [4.78, 5) is 11.1. The third-order valence-corrected chi connectivity index (χ3v) is 3.75. The molecule has 0 fully saturated rings. The van der Waals surface area contributed by atoms with Crippen LogP contribution >= 0.6 is 0 Å². The molecule has 0 radical (unpaired) electrons. The minimum atomic E-state index is -0.258. The van der Waals surface area contributed by atoms with Crippen LogP contribution < -0.4 is 0 Å². The lowest BCUT2D eigenvalue weighted by atomic mass is 10.1. The van der Waals surface area contributed by atoms with Gasteiger partial charge in [0.1, 0.15) is 0 Å².